The van der Waals surface area contributed by atoms with Gasteiger partial charge in [0.1, 0.15) is 29.2 Å². The molecular formula is C31H53NO5. The van der Waals surface area contributed by atoms with Crippen LogP contribution in [0.25, 0.3) is 0 Å². The van der Waals surface area contributed by atoms with Crippen LogP contribution in [0.4, 0.5) is 0 Å². The first-order chi connectivity index (χ1) is 18.2. The minimum atomic E-state index is -0.395. The van der Waals surface area contributed by atoms with Crippen LogP contribution in [0, 0.1) is 11.3 Å². The highest BCUT2D eigenvalue weighted by Gasteiger charge is 2.14. The van der Waals surface area contributed by atoms with E-state index in [4.69, 9.17) is 18.9 Å². The van der Waals surface area contributed by atoms with Gasteiger partial charge in [-0.25, -0.2) is 0 Å². The van der Waals surface area contributed by atoms with Crippen molar-refractivity contribution in [3.63, 3.8) is 0 Å². The third-order valence-corrected chi connectivity index (χ3v) is 6.81. The Morgan fingerprint density at radius 3 is 1.62 bits per heavy atom. The second-order valence-corrected chi connectivity index (χ2v) is 9.98. The number of ether oxygens (including phenoxy) is 4. The normalized spacial score (nSPS) is 11.9. The van der Waals surface area contributed by atoms with Crippen molar-refractivity contribution in [3.8, 4) is 17.6 Å². The van der Waals surface area contributed by atoms with Crippen molar-refractivity contribution in [1.82, 2.24) is 0 Å². The summed E-state index contributed by atoms with van der Waals surface area (Å²) in [4.78, 5) is 0. The maximum Gasteiger partial charge on any atom is 0.140 e. The van der Waals surface area contributed by atoms with E-state index in [1.165, 1.54) is 111 Å². The number of unbranched alkanes of at least 4 members (excludes halogenated alkanes) is 15. The Kier molecular flexibility index (Phi) is 20.9. The highest BCUT2D eigenvalue weighted by atomic mass is 16.5. The molecule has 0 aliphatic rings. The average molecular weight is 520 g/mol. The molecule has 1 atom stereocenters. The van der Waals surface area contributed by atoms with Crippen LogP contribution in [-0.2, 0) is 16.1 Å². The van der Waals surface area contributed by atoms with Crippen LogP contribution in [0.1, 0.15) is 121 Å². The molecule has 1 aromatic rings. The van der Waals surface area contributed by atoms with Gasteiger partial charge in [-0.1, -0.05) is 103 Å². The summed E-state index contributed by atoms with van der Waals surface area (Å²) in [5, 5.41) is 18.9. The number of hydrogen-bond acceptors (Lipinski definition) is 6. The lowest BCUT2D eigenvalue weighted by Crippen LogP contribution is -2.24. The molecule has 0 spiro atoms. The van der Waals surface area contributed by atoms with E-state index in [9.17, 15) is 10.4 Å². The third-order valence-electron chi connectivity index (χ3n) is 6.81. The summed E-state index contributed by atoms with van der Waals surface area (Å²) in [5.41, 5.74) is 1.17. The van der Waals surface area contributed by atoms with Gasteiger partial charge in [-0.15, -0.1) is 0 Å². The summed E-state index contributed by atoms with van der Waals surface area (Å²) < 4.78 is 22.1. The second-order valence-electron chi connectivity index (χ2n) is 9.98. The molecule has 0 saturated carbocycles. The summed E-state index contributed by atoms with van der Waals surface area (Å²) in [6.07, 6.45) is 21.2. The molecule has 0 fully saturated rings. The number of aliphatic hydroxyl groups is 1. The van der Waals surface area contributed by atoms with Gasteiger partial charge >= 0.3 is 0 Å². The summed E-state index contributed by atoms with van der Waals surface area (Å²) >= 11 is 0. The molecule has 0 heterocycles. The lowest BCUT2D eigenvalue weighted by Gasteiger charge is -2.17. The molecule has 37 heavy (non-hydrogen) atoms. The molecular weight excluding hydrogens is 466 g/mol. The summed E-state index contributed by atoms with van der Waals surface area (Å²) in [7, 11) is 3.03. The molecule has 0 aromatic heterocycles. The summed E-state index contributed by atoms with van der Waals surface area (Å²) in [6, 6.07) is 5.61. The standard InChI is InChI=1S/C31H53NO5/c1-4-5-6-7-8-9-10-11-12-13-14-15-16-17-18-19-20-36-26-28(24-33)37-25-27-21-30(34-2)29(23-32)31(22-27)35-3/h21-22,28,33H,4-20,24-26H2,1-3H3/t28-/m0/s1. The first kappa shape index (κ1) is 33.2. The largest absolute Gasteiger partial charge is 0.495 e. The van der Waals surface area contributed by atoms with Crippen LogP contribution >= 0.6 is 0 Å². The Balaban J connectivity index is 2.01. The number of hydrogen-bond donors (Lipinski definition) is 1. The van der Waals surface area contributed by atoms with Crippen molar-refractivity contribution < 1.29 is 24.1 Å². The summed E-state index contributed by atoms with van der Waals surface area (Å²) in [6.45, 7) is 3.49. The zero-order valence-corrected chi connectivity index (χ0v) is 23.9. The van der Waals surface area contributed by atoms with Gasteiger partial charge < -0.3 is 24.1 Å². The van der Waals surface area contributed by atoms with Crippen LogP contribution in [-0.4, -0.2) is 45.3 Å². The predicted molar refractivity (Wildman–Crippen MR) is 150 cm³/mol. The van der Waals surface area contributed by atoms with E-state index in [0.717, 1.165) is 12.0 Å². The lowest BCUT2D eigenvalue weighted by molar-refractivity contribution is -0.0503. The van der Waals surface area contributed by atoms with Gasteiger partial charge in [0, 0.05) is 6.61 Å². The Bertz CT molecular complexity index is 693. The maximum absolute atomic E-state index is 9.63. The number of aliphatic hydroxyl groups excluding tert-OH is 1. The summed E-state index contributed by atoms with van der Waals surface area (Å²) in [5.74, 6) is 0.890. The molecule has 0 bridgehead atoms. The van der Waals surface area contributed by atoms with Gasteiger partial charge in [0.15, 0.2) is 0 Å². The molecule has 1 rings (SSSR count). The molecule has 0 aliphatic heterocycles. The molecule has 6 nitrogen and oxygen atoms in total. The molecule has 0 unspecified atom stereocenters. The SMILES string of the molecule is CCCCCCCCCCCCCCCCCCOC[C@H](CO)OCc1cc(OC)c(C#N)c(OC)c1. The van der Waals surface area contributed by atoms with Gasteiger partial charge in [-0.3, -0.25) is 0 Å². The fraction of sp³-hybridized carbons (Fsp3) is 0.774. The Hall–Kier alpha value is -1.81. The lowest BCUT2D eigenvalue weighted by atomic mass is 10.0. The topological polar surface area (TPSA) is 80.9 Å². The predicted octanol–water partition coefficient (Wildman–Crippen LogP) is 7.73. The van der Waals surface area contributed by atoms with Crippen LogP contribution in [0.3, 0.4) is 0 Å². The van der Waals surface area contributed by atoms with Crippen molar-refractivity contribution >= 4 is 0 Å². The number of nitriles is 1. The molecule has 6 heteroatoms. The molecule has 1 N–H and O–H groups in total. The van der Waals surface area contributed by atoms with Gasteiger partial charge in [0.25, 0.3) is 0 Å². The molecule has 0 amide bonds. The Morgan fingerprint density at radius 1 is 0.757 bits per heavy atom. The van der Waals surface area contributed by atoms with Crippen molar-refractivity contribution in [2.45, 2.75) is 122 Å². The first-order valence-corrected chi connectivity index (χ1v) is 14.6. The fourth-order valence-electron chi connectivity index (χ4n) is 4.49. The van der Waals surface area contributed by atoms with Crippen molar-refractivity contribution in [3.05, 3.63) is 23.3 Å². The number of benzene rings is 1. The van der Waals surface area contributed by atoms with E-state index in [0.29, 0.717) is 30.3 Å². The van der Waals surface area contributed by atoms with Gasteiger partial charge in [-0.2, -0.15) is 5.26 Å². The quantitative estimate of drug-likeness (QED) is 0.133. The van der Waals surface area contributed by atoms with Crippen LogP contribution in [0.15, 0.2) is 12.1 Å². The van der Waals surface area contributed by atoms with Crippen LogP contribution < -0.4 is 9.47 Å². The monoisotopic (exact) mass is 519 g/mol. The minimum Gasteiger partial charge on any atom is -0.495 e. The van der Waals surface area contributed by atoms with Crippen molar-refractivity contribution in [2.75, 3.05) is 34.0 Å². The van der Waals surface area contributed by atoms with E-state index < -0.39 is 6.10 Å². The highest BCUT2D eigenvalue weighted by molar-refractivity contribution is 5.55. The second kappa shape index (κ2) is 23.3. The molecule has 212 valence electrons. The van der Waals surface area contributed by atoms with Gasteiger partial charge in [0.2, 0.25) is 0 Å². The molecule has 1 aromatic carbocycles. The smallest absolute Gasteiger partial charge is 0.140 e. The molecule has 0 radical (unpaired) electrons. The number of nitrogens with zero attached hydrogens (tertiary/aromatic N) is 1. The Labute approximate surface area is 226 Å². The minimum absolute atomic E-state index is 0.108. The van der Waals surface area contributed by atoms with E-state index in [1.807, 2.05) is 0 Å². The van der Waals surface area contributed by atoms with E-state index in [1.54, 1.807) is 12.1 Å². The van der Waals surface area contributed by atoms with Crippen LogP contribution in [0.5, 0.6) is 11.5 Å². The Morgan fingerprint density at radius 2 is 1.22 bits per heavy atom. The van der Waals surface area contributed by atoms with E-state index in [2.05, 4.69) is 13.0 Å². The van der Waals surface area contributed by atoms with Crippen molar-refractivity contribution in [1.29, 1.82) is 5.26 Å². The fourth-order valence-corrected chi connectivity index (χ4v) is 4.49. The average Bonchev–Trinajstić information content (AvgIpc) is 2.93. The molecule has 0 saturated heterocycles. The van der Waals surface area contributed by atoms with E-state index in [-0.39, 0.29) is 13.2 Å². The van der Waals surface area contributed by atoms with Crippen molar-refractivity contribution in [2.24, 2.45) is 0 Å². The zero-order chi connectivity index (χ0) is 27.0. The highest BCUT2D eigenvalue weighted by Crippen LogP contribution is 2.30. The van der Waals surface area contributed by atoms with E-state index >= 15 is 0 Å². The van der Waals surface area contributed by atoms with Gasteiger partial charge in [0.05, 0.1) is 34.0 Å². The first-order valence-electron chi connectivity index (χ1n) is 14.6. The third kappa shape index (κ3) is 15.9. The van der Waals surface area contributed by atoms with Crippen LogP contribution in [0.2, 0.25) is 0 Å². The maximum atomic E-state index is 9.63. The zero-order valence-electron chi connectivity index (χ0n) is 23.9. The van der Waals surface area contributed by atoms with Gasteiger partial charge in [-0.05, 0) is 24.1 Å². The number of methoxy groups -OCH3 is 2. The number of rotatable bonds is 25. The molecule has 0 aliphatic carbocycles.